The molecule has 6 heteroatoms. The number of para-hydroxylation sites is 1. The summed E-state index contributed by atoms with van der Waals surface area (Å²) in [6, 6.07) is 11.0. The Morgan fingerprint density at radius 1 is 1.12 bits per heavy atom. The van der Waals surface area contributed by atoms with Gasteiger partial charge in [-0.1, -0.05) is 29.8 Å². The van der Waals surface area contributed by atoms with Crippen molar-refractivity contribution in [2.45, 2.75) is 18.9 Å². The Kier molecular flexibility index (Phi) is 3.94. The second-order valence-corrected chi connectivity index (χ2v) is 6.23. The van der Waals surface area contributed by atoms with Gasteiger partial charge >= 0.3 is 6.03 Å². The van der Waals surface area contributed by atoms with E-state index in [9.17, 15) is 4.79 Å². The molecule has 2 aromatic rings. The van der Waals surface area contributed by atoms with Gasteiger partial charge in [0, 0.05) is 5.02 Å². The van der Waals surface area contributed by atoms with E-state index in [2.05, 4.69) is 10.6 Å². The highest BCUT2D eigenvalue weighted by atomic mass is 35.5. The summed E-state index contributed by atoms with van der Waals surface area (Å²) in [6.45, 7) is 0.990. The van der Waals surface area contributed by atoms with E-state index in [-0.39, 0.29) is 12.1 Å². The van der Waals surface area contributed by atoms with E-state index >= 15 is 0 Å². The van der Waals surface area contributed by atoms with Gasteiger partial charge in [-0.05, 0) is 42.2 Å². The Balaban J connectivity index is 1.48. The summed E-state index contributed by atoms with van der Waals surface area (Å²) in [7, 11) is 0. The summed E-state index contributed by atoms with van der Waals surface area (Å²) in [6.07, 6.45) is 1.72. The average Bonchev–Trinajstić information content (AvgIpc) is 2.99. The predicted molar refractivity (Wildman–Crippen MR) is 92.1 cm³/mol. The van der Waals surface area contributed by atoms with Gasteiger partial charge in [-0.25, -0.2) is 4.79 Å². The molecular formula is C18H17ClN2O3. The lowest BCUT2D eigenvalue weighted by molar-refractivity contribution is 0.172. The van der Waals surface area contributed by atoms with Crippen LogP contribution in [-0.2, 0) is 6.42 Å². The normalized spacial score (nSPS) is 18.0. The second-order valence-electron chi connectivity index (χ2n) is 5.83. The van der Waals surface area contributed by atoms with Crippen LogP contribution in [0.2, 0.25) is 5.02 Å². The summed E-state index contributed by atoms with van der Waals surface area (Å²) < 4.78 is 11.1. The number of amides is 2. The minimum absolute atomic E-state index is 0.0320. The lowest BCUT2D eigenvalue weighted by Crippen LogP contribution is -2.32. The molecule has 1 aliphatic heterocycles. The van der Waals surface area contributed by atoms with Crippen LogP contribution in [0.1, 0.15) is 23.6 Å². The van der Waals surface area contributed by atoms with Gasteiger partial charge in [0.25, 0.3) is 0 Å². The first-order valence-corrected chi connectivity index (χ1v) is 8.33. The maximum absolute atomic E-state index is 12.4. The Morgan fingerprint density at radius 3 is 2.88 bits per heavy atom. The molecule has 0 spiro atoms. The lowest BCUT2D eigenvalue weighted by Gasteiger charge is -2.22. The first-order valence-electron chi connectivity index (χ1n) is 7.96. The third-order valence-electron chi connectivity index (χ3n) is 4.33. The third-order valence-corrected chi connectivity index (χ3v) is 4.69. The SMILES string of the molecule is O=C(Nc1cccc2c1OCCO2)NC1CCc2c(Cl)cccc21. The van der Waals surface area contributed by atoms with Crippen molar-refractivity contribution in [1.29, 1.82) is 0 Å². The van der Waals surface area contributed by atoms with Gasteiger partial charge in [0.15, 0.2) is 11.5 Å². The molecule has 5 nitrogen and oxygen atoms in total. The number of ether oxygens (including phenoxy) is 2. The number of carbonyl (C=O) groups is 1. The fraction of sp³-hybridized carbons (Fsp3) is 0.278. The number of fused-ring (bicyclic) bond motifs is 2. The monoisotopic (exact) mass is 344 g/mol. The first-order chi connectivity index (χ1) is 11.7. The quantitative estimate of drug-likeness (QED) is 0.868. The number of nitrogens with one attached hydrogen (secondary N) is 2. The summed E-state index contributed by atoms with van der Waals surface area (Å²) in [5.74, 6) is 1.23. The fourth-order valence-corrected chi connectivity index (χ4v) is 3.52. The highest BCUT2D eigenvalue weighted by molar-refractivity contribution is 6.31. The van der Waals surface area contributed by atoms with Crippen LogP contribution in [0, 0.1) is 0 Å². The Labute approximate surface area is 144 Å². The van der Waals surface area contributed by atoms with Crippen molar-refractivity contribution in [1.82, 2.24) is 5.32 Å². The Morgan fingerprint density at radius 2 is 1.96 bits per heavy atom. The number of carbonyl (C=O) groups excluding carboxylic acids is 1. The molecule has 2 aliphatic rings. The predicted octanol–water partition coefficient (Wildman–Crippen LogP) is 3.92. The van der Waals surface area contributed by atoms with Crippen molar-refractivity contribution in [3.63, 3.8) is 0 Å². The topological polar surface area (TPSA) is 59.6 Å². The molecule has 24 heavy (non-hydrogen) atoms. The van der Waals surface area contributed by atoms with Crippen LogP contribution in [0.4, 0.5) is 10.5 Å². The van der Waals surface area contributed by atoms with Crippen LogP contribution in [0.15, 0.2) is 36.4 Å². The zero-order chi connectivity index (χ0) is 16.5. The number of hydrogen-bond acceptors (Lipinski definition) is 3. The van der Waals surface area contributed by atoms with Gasteiger partial charge < -0.3 is 20.1 Å². The van der Waals surface area contributed by atoms with Gasteiger partial charge in [-0.2, -0.15) is 0 Å². The van der Waals surface area contributed by atoms with Crippen LogP contribution < -0.4 is 20.1 Å². The van der Waals surface area contributed by atoms with Crippen molar-refractivity contribution in [2.24, 2.45) is 0 Å². The van der Waals surface area contributed by atoms with E-state index < -0.39 is 0 Å². The smallest absolute Gasteiger partial charge is 0.319 e. The van der Waals surface area contributed by atoms with Crippen molar-refractivity contribution in [3.05, 3.63) is 52.5 Å². The number of hydrogen-bond donors (Lipinski definition) is 2. The van der Waals surface area contributed by atoms with Crippen LogP contribution in [0.3, 0.4) is 0 Å². The average molecular weight is 345 g/mol. The molecule has 0 bridgehead atoms. The third kappa shape index (κ3) is 2.76. The summed E-state index contributed by atoms with van der Waals surface area (Å²) in [5.41, 5.74) is 2.82. The molecule has 0 fully saturated rings. The summed E-state index contributed by atoms with van der Waals surface area (Å²) in [5, 5.41) is 6.63. The van der Waals surface area contributed by atoms with Gasteiger partial charge in [-0.3, -0.25) is 0 Å². The molecule has 1 unspecified atom stereocenters. The minimum Gasteiger partial charge on any atom is -0.486 e. The van der Waals surface area contributed by atoms with Crippen molar-refractivity contribution < 1.29 is 14.3 Å². The van der Waals surface area contributed by atoms with Crippen LogP contribution in [0.25, 0.3) is 0 Å². The van der Waals surface area contributed by atoms with E-state index in [1.54, 1.807) is 6.07 Å². The zero-order valence-corrected chi connectivity index (χ0v) is 13.7. The van der Waals surface area contributed by atoms with E-state index in [1.807, 2.05) is 30.3 Å². The molecule has 0 radical (unpaired) electrons. The Bertz CT molecular complexity index is 794. The molecular weight excluding hydrogens is 328 g/mol. The maximum Gasteiger partial charge on any atom is 0.319 e. The summed E-state index contributed by atoms with van der Waals surface area (Å²) in [4.78, 5) is 12.4. The number of anilines is 1. The van der Waals surface area contributed by atoms with Crippen LogP contribution >= 0.6 is 11.6 Å². The lowest BCUT2D eigenvalue weighted by atomic mass is 10.1. The molecule has 0 saturated heterocycles. The van der Waals surface area contributed by atoms with E-state index in [0.717, 1.165) is 29.0 Å². The number of urea groups is 1. The molecule has 2 N–H and O–H groups in total. The molecule has 0 aromatic heterocycles. The minimum atomic E-state index is -0.268. The van der Waals surface area contributed by atoms with E-state index in [1.165, 1.54) is 0 Å². The van der Waals surface area contributed by atoms with Crippen LogP contribution in [-0.4, -0.2) is 19.2 Å². The summed E-state index contributed by atoms with van der Waals surface area (Å²) >= 11 is 6.22. The molecule has 2 amide bonds. The largest absolute Gasteiger partial charge is 0.486 e. The van der Waals surface area contributed by atoms with E-state index in [0.29, 0.717) is 30.4 Å². The highest BCUT2D eigenvalue weighted by Crippen LogP contribution is 2.38. The highest BCUT2D eigenvalue weighted by Gasteiger charge is 2.26. The van der Waals surface area contributed by atoms with Crippen molar-refractivity contribution in [2.75, 3.05) is 18.5 Å². The van der Waals surface area contributed by atoms with Crippen molar-refractivity contribution >= 4 is 23.3 Å². The Hall–Kier alpha value is -2.40. The van der Waals surface area contributed by atoms with Crippen LogP contribution in [0.5, 0.6) is 11.5 Å². The molecule has 124 valence electrons. The standard InChI is InChI=1S/C18H17ClN2O3/c19-13-4-1-3-12-11(13)7-8-14(12)20-18(22)21-15-5-2-6-16-17(15)24-10-9-23-16/h1-6,14H,7-10H2,(H2,20,21,22). The van der Waals surface area contributed by atoms with Gasteiger partial charge in [0.1, 0.15) is 13.2 Å². The number of halogens is 1. The molecule has 0 saturated carbocycles. The maximum atomic E-state index is 12.4. The van der Waals surface area contributed by atoms with Gasteiger partial charge in [0.2, 0.25) is 0 Å². The number of benzene rings is 2. The van der Waals surface area contributed by atoms with Gasteiger partial charge in [0.05, 0.1) is 11.7 Å². The van der Waals surface area contributed by atoms with Gasteiger partial charge in [-0.15, -0.1) is 0 Å². The van der Waals surface area contributed by atoms with Crippen molar-refractivity contribution in [3.8, 4) is 11.5 Å². The molecule has 1 aliphatic carbocycles. The zero-order valence-electron chi connectivity index (χ0n) is 13.0. The second kappa shape index (κ2) is 6.24. The molecule has 1 atom stereocenters. The molecule has 2 aromatic carbocycles. The first kappa shape index (κ1) is 15.1. The molecule has 1 heterocycles. The molecule has 4 rings (SSSR count). The number of rotatable bonds is 2. The van der Waals surface area contributed by atoms with E-state index in [4.69, 9.17) is 21.1 Å². The fourth-order valence-electron chi connectivity index (χ4n) is 3.25.